The monoisotopic (exact) mass is 254 g/mol. The molecule has 1 unspecified atom stereocenters. The molecule has 1 N–H and O–H groups in total. The number of hydrogen-bond acceptors (Lipinski definition) is 3. The summed E-state index contributed by atoms with van der Waals surface area (Å²) in [5.41, 5.74) is -0.394. The van der Waals surface area contributed by atoms with E-state index in [2.05, 4.69) is 5.32 Å². The van der Waals surface area contributed by atoms with E-state index >= 15 is 0 Å². The fourth-order valence-electron chi connectivity index (χ4n) is 2.32. The van der Waals surface area contributed by atoms with Crippen molar-refractivity contribution in [3.05, 3.63) is 0 Å². The van der Waals surface area contributed by atoms with Gasteiger partial charge < -0.3 is 15.0 Å². The van der Waals surface area contributed by atoms with Crippen LogP contribution in [0.2, 0.25) is 0 Å². The Labute approximate surface area is 110 Å². The van der Waals surface area contributed by atoms with Gasteiger partial charge in [-0.3, -0.25) is 0 Å². The van der Waals surface area contributed by atoms with Gasteiger partial charge in [0.05, 0.1) is 0 Å². The molecule has 0 radical (unpaired) electrons. The van der Waals surface area contributed by atoms with Crippen LogP contribution in [0.15, 0.2) is 0 Å². The Hall–Kier alpha value is -0.770. The Morgan fingerprint density at radius 2 is 2.06 bits per heavy atom. The average Bonchev–Trinajstić information content (AvgIpc) is 2.92. The second-order valence-corrected chi connectivity index (χ2v) is 6.60. The molecule has 0 aromatic carbocycles. The van der Waals surface area contributed by atoms with Gasteiger partial charge in [-0.05, 0) is 46.1 Å². The Morgan fingerprint density at radius 3 is 2.67 bits per heavy atom. The molecule has 1 saturated heterocycles. The summed E-state index contributed by atoms with van der Waals surface area (Å²) in [7, 11) is 0. The number of likely N-dealkylation sites (tertiary alicyclic amines) is 1. The van der Waals surface area contributed by atoms with Crippen molar-refractivity contribution in [1.29, 1.82) is 0 Å². The summed E-state index contributed by atoms with van der Waals surface area (Å²) in [5, 5.41) is 3.55. The standard InChI is InChI=1S/C14H26N2O2/c1-14(2,3)18-13(17)16-9-7-12(10-16)15-8-6-11-4-5-11/h11-12,15H,4-10H2,1-3H3. The molecule has 0 bridgehead atoms. The maximum absolute atomic E-state index is 11.9. The smallest absolute Gasteiger partial charge is 0.410 e. The van der Waals surface area contributed by atoms with E-state index < -0.39 is 5.60 Å². The number of carbonyl (C=O) groups is 1. The van der Waals surface area contributed by atoms with Crippen LogP contribution in [0.1, 0.15) is 46.5 Å². The fraction of sp³-hybridized carbons (Fsp3) is 0.929. The van der Waals surface area contributed by atoms with Gasteiger partial charge in [0.1, 0.15) is 5.60 Å². The lowest BCUT2D eigenvalue weighted by Crippen LogP contribution is -2.38. The molecule has 1 aliphatic carbocycles. The molecule has 0 aromatic rings. The summed E-state index contributed by atoms with van der Waals surface area (Å²) in [6, 6.07) is 0.455. The highest BCUT2D eigenvalue weighted by Gasteiger charge is 2.29. The molecule has 1 amide bonds. The summed E-state index contributed by atoms with van der Waals surface area (Å²) < 4.78 is 5.38. The SMILES string of the molecule is CC(C)(C)OC(=O)N1CCC(NCCC2CC2)C1. The fourth-order valence-corrected chi connectivity index (χ4v) is 2.32. The molecule has 2 fully saturated rings. The van der Waals surface area contributed by atoms with Gasteiger partial charge in [-0.1, -0.05) is 12.8 Å². The molecule has 18 heavy (non-hydrogen) atoms. The van der Waals surface area contributed by atoms with Crippen LogP contribution in [-0.2, 0) is 4.74 Å². The number of amides is 1. The maximum atomic E-state index is 11.9. The second-order valence-electron chi connectivity index (χ2n) is 6.60. The zero-order valence-electron chi connectivity index (χ0n) is 11.9. The van der Waals surface area contributed by atoms with Gasteiger partial charge in [0.25, 0.3) is 0 Å². The first kappa shape index (κ1) is 13.7. The van der Waals surface area contributed by atoms with Crippen LogP contribution in [0.3, 0.4) is 0 Å². The number of rotatable bonds is 4. The lowest BCUT2D eigenvalue weighted by atomic mass is 10.2. The Bertz CT molecular complexity index is 295. The van der Waals surface area contributed by atoms with Crippen LogP contribution in [0.4, 0.5) is 4.79 Å². The number of nitrogens with zero attached hydrogens (tertiary/aromatic N) is 1. The van der Waals surface area contributed by atoms with Gasteiger partial charge in [-0.15, -0.1) is 0 Å². The second kappa shape index (κ2) is 5.47. The number of ether oxygens (including phenoxy) is 1. The first-order chi connectivity index (χ1) is 8.44. The molecule has 2 aliphatic rings. The average molecular weight is 254 g/mol. The van der Waals surface area contributed by atoms with Crippen LogP contribution in [0, 0.1) is 5.92 Å². The molecular formula is C14H26N2O2. The summed E-state index contributed by atoms with van der Waals surface area (Å²) in [6.45, 7) is 8.43. The normalized spacial score (nSPS) is 24.4. The highest BCUT2D eigenvalue weighted by molar-refractivity contribution is 5.68. The van der Waals surface area contributed by atoms with E-state index in [-0.39, 0.29) is 6.09 Å². The van der Waals surface area contributed by atoms with Crippen LogP contribution in [0.25, 0.3) is 0 Å². The summed E-state index contributed by atoms with van der Waals surface area (Å²) in [5.74, 6) is 0.973. The third kappa shape index (κ3) is 4.48. The van der Waals surface area contributed by atoms with E-state index in [4.69, 9.17) is 4.74 Å². The van der Waals surface area contributed by atoms with Gasteiger partial charge in [-0.2, -0.15) is 0 Å². The van der Waals surface area contributed by atoms with E-state index in [1.807, 2.05) is 25.7 Å². The van der Waals surface area contributed by atoms with Gasteiger partial charge in [0.2, 0.25) is 0 Å². The van der Waals surface area contributed by atoms with Gasteiger partial charge >= 0.3 is 6.09 Å². The number of nitrogens with one attached hydrogen (secondary N) is 1. The zero-order chi connectivity index (χ0) is 13.2. The molecule has 1 aliphatic heterocycles. The lowest BCUT2D eigenvalue weighted by molar-refractivity contribution is 0.0291. The molecule has 0 spiro atoms. The van der Waals surface area contributed by atoms with E-state index in [0.29, 0.717) is 6.04 Å². The first-order valence-electron chi connectivity index (χ1n) is 7.15. The predicted molar refractivity (Wildman–Crippen MR) is 71.6 cm³/mol. The van der Waals surface area contributed by atoms with Crippen LogP contribution >= 0.6 is 0 Å². The predicted octanol–water partition coefficient (Wildman–Crippen LogP) is 2.39. The van der Waals surface area contributed by atoms with E-state index in [1.165, 1.54) is 19.3 Å². The molecule has 2 rings (SSSR count). The van der Waals surface area contributed by atoms with Crippen molar-refractivity contribution in [2.75, 3.05) is 19.6 Å². The zero-order valence-corrected chi connectivity index (χ0v) is 11.9. The number of hydrogen-bond donors (Lipinski definition) is 1. The van der Waals surface area contributed by atoms with Crippen molar-refractivity contribution < 1.29 is 9.53 Å². The van der Waals surface area contributed by atoms with Crippen molar-refractivity contribution in [3.8, 4) is 0 Å². The summed E-state index contributed by atoms with van der Waals surface area (Å²) >= 11 is 0. The van der Waals surface area contributed by atoms with Crippen molar-refractivity contribution in [2.45, 2.75) is 58.1 Å². The van der Waals surface area contributed by atoms with Gasteiger partial charge in [-0.25, -0.2) is 4.79 Å². The topological polar surface area (TPSA) is 41.6 Å². The van der Waals surface area contributed by atoms with Crippen LogP contribution in [0.5, 0.6) is 0 Å². The Morgan fingerprint density at radius 1 is 1.33 bits per heavy atom. The molecule has 1 saturated carbocycles. The van der Waals surface area contributed by atoms with E-state index in [1.54, 1.807) is 0 Å². The Kier molecular flexibility index (Phi) is 4.15. The third-order valence-corrected chi connectivity index (χ3v) is 3.52. The van der Waals surface area contributed by atoms with Crippen molar-refractivity contribution in [2.24, 2.45) is 5.92 Å². The summed E-state index contributed by atoms with van der Waals surface area (Å²) in [4.78, 5) is 13.7. The minimum absolute atomic E-state index is 0.172. The first-order valence-corrected chi connectivity index (χ1v) is 7.15. The quantitative estimate of drug-likeness (QED) is 0.837. The largest absolute Gasteiger partial charge is 0.444 e. The molecule has 0 aromatic heterocycles. The van der Waals surface area contributed by atoms with Gasteiger partial charge in [0, 0.05) is 19.1 Å². The Balaban J connectivity index is 1.65. The third-order valence-electron chi connectivity index (χ3n) is 3.52. The van der Waals surface area contributed by atoms with Gasteiger partial charge in [0.15, 0.2) is 0 Å². The van der Waals surface area contributed by atoms with Crippen molar-refractivity contribution in [1.82, 2.24) is 10.2 Å². The molecule has 104 valence electrons. The van der Waals surface area contributed by atoms with Crippen molar-refractivity contribution >= 4 is 6.09 Å². The molecule has 1 heterocycles. The van der Waals surface area contributed by atoms with Crippen LogP contribution in [-0.4, -0.2) is 42.3 Å². The molecule has 4 heteroatoms. The van der Waals surface area contributed by atoms with E-state index in [9.17, 15) is 4.79 Å². The summed E-state index contributed by atoms with van der Waals surface area (Å²) in [6.07, 6.45) is 4.99. The molecule has 4 nitrogen and oxygen atoms in total. The lowest BCUT2D eigenvalue weighted by Gasteiger charge is -2.24. The minimum atomic E-state index is -0.394. The maximum Gasteiger partial charge on any atom is 0.410 e. The van der Waals surface area contributed by atoms with Crippen molar-refractivity contribution in [3.63, 3.8) is 0 Å². The van der Waals surface area contributed by atoms with E-state index in [0.717, 1.165) is 32.0 Å². The molecule has 1 atom stereocenters. The molecular weight excluding hydrogens is 228 g/mol. The van der Waals surface area contributed by atoms with Crippen LogP contribution < -0.4 is 5.32 Å². The number of carbonyl (C=O) groups excluding carboxylic acids is 1. The highest BCUT2D eigenvalue weighted by atomic mass is 16.6. The highest BCUT2D eigenvalue weighted by Crippen LogP contribution is 2.31. The minimum Gasteiger partial charge on any atom is -0.444 e.